The van der Waals surface area contributed by atoms with Crippen LogP contribution in [-0.2, 0) is 0 Å². The smallest absolute Gasteiger partial charge is 0.0571 e. The van der Waals surface area contributed by atoms with Crippen LogP contribution in [0.15, 0.2) is 12.3 Å². The fourth-order valence-corrected chi connectivity index (χ4v) is 0.978. The number of aryl methyl sites for hydroxylation is 1. The van der Waals surface area contributed by atoms with Crippen LogP contribution in [0.1, 0.15) is 29.8 Å². The molecule has 1 heterocycles. The molecular formula is C10H12N2. The molecule has 2 N–H and O–H groups in total. The molecule has 0 amide bonds. The van der Waals surface area contributed by atoms with Crippen molar-refractivity contribution in [2.45, 2.75) is 19.9 Å². The van der Waals surface area contributed by atoms with Gasteiger partial charge in [-0.2, -0.15) is 0 Å². The third kappa shape index (κ3) is 1.63. The molecule has 0 aliphatic heterocycles. The Labute approximate surface area is 72.8 Å². The van der Waals surface area contributed by atoms with E-state index in [1.54, 1.807) is 6.20 Å². The van der Waals surface area contributed by atoms with E-state index < -0.39 is 0 Å². The Morgan fingerprint density at radius 3 is 2.75 bits per heavy atom. The van der Waals surface area contributed by atoms with E-state index in [4.69, 9.17) is 12.2 Å². The average Bonchev–Trinajstić information content (AvgIpc) is 2.04. The molecule has 1 atom stereocenters. The Kier molecular flexibility index (Phi) is 2.47. The highest BCUT2D eigenvalue weighted by molar-refractivity contribution is 5.38. The van der Waals surface area contributed by atoms with Crippen molar-refractivity contribution in [3.8, 4) is 12.3 Å². The normalized spacial score (nSPS) is 12.2. The Morgan fingerprint density at radius 2 is 2.33 bits per heavy atom. The average molecular weight is 160 g/mol. The summed E-state index contributed by atoms with van der Waals surface area (Å²) in [5.41, 5.74) is 8.43. The molecule has 1 rings (SSSR count). The Hall–Kier alpha value is -1.33. The molecule has 2 nitrogen and oxygen atoms in total. The van der Waals surface area contributed by atoms with Gasteiger partial charge < -0.3 is 5.73 Å². The second-order valence-electron chi connectivity index (χ2n) is 2.86. The summed E-state index contributed by atoms with van der Waals surface area (Å²) >= 11 is 0. The van der Waals surface area contributed by atoms with Crippen molar-refractivity contribution in [1.29, 1.82) is 0 Å². The highest BCUT2D eigenvalue weighted by Crippen LogP contribution is 2.11. The van der Waals surface area contributed by atoms with Gasteiger partial charge in [0, 0.05) is 17.8 Å². The first-order chi connectivity index (χ1) is 5.65. The van der Waals surface area contributed by atoms with Crippen molar-refractivity contribution in [3.05, 3.63) is 29.1 Å². The summed E-state index contributed by atoms with van der Waals surface area (Å²) < 4.78 is 0. The maximum Gasteiger partial charge on any atom is 0.0571 e. The summed E-state index contributed by atoms with van der Waals surface area (Å²) in [5.74, 6) is 2.56. The van der Waals surface area contributed by atoms with Gasteiger partial charge in [-0.25, -0.2) is 0 Å². The van der Waals surface area contributed by atoms with Crippen LogP contribution in [0, 0.1) is 19.3 Å². The molecule has 0 unspecified atom stereocenters. The molecule has 0 saturated carbocycles. The van der Waals surface area contributed by atoms with Crippen LogP contribution in [0.4, 0.5) is 0 Å². The quantitative estimate of drug-likeness (QED) is 0.630. The zero-order valence-electron chi connectivity index (χ0n) is 7.33. The Bertz CT molecular complexity index is 321. The zero-order chi connectivity index (χ0) is 9.14. The van der Waals surface area contributed by atoms with Crippen LogP contribution in [0.25, 0.3) is 0 Å². The number of hydrogen-bond acceptors (Lipinski definition) is 2. The molecule has 0 saturated heterocycles. The first kappa shape index (κ1) is 8.76. The van der Waals surface area contributed by atoms with Gasteiger partial charge in [-0.1, -0.05) is 5.92 Å². The highest BCUT2D eigenvalue weighted by Gasteiger charge is 2.02. The van der Waals surface area contributed by atoms with Crippen LogP contribution >= 0.6 is 0 Å². The molecule has 62 valence electrons. The van der Waals surface area contributed by atoms with Crippen molar-refractivity contribution in [3.63, 3.8) is 0 Å². The SMILES string of the molecule is C#Cc1cnc([C@H](C)N)cc1C. The predicted molar refractivity (Wildman–Crippen MR) is 49.5 cm³/mol. The monoisotopic (exact) mass is 160 g/mol. The van der Waals surface area contributed by atoms with E-state index in [-0.39, 0.29) is 6.04 Å². The van der Waals surface area contributed by atoms with Crippen molar-refractivity contribution < 1.29 is 0 Å². The van der Waals surface area contributed by atoms with Gasteiger partial charge in [-0.3, -0.25) is 4.98 Å². The molecule has 1 aromatic heterocycles. The molecule has 0 radical (unpaired) electrons. The third-order valence-corrected chi connectivity index (χ3v) is 1.75. The molecule has 2 heteroatoms. The number of nitrogens with zero attached hydrogens (tertiary/aromatic N) is 1. The van der Waals surface area contributed by atoms with Crippen molar-refractivity contribution in [2.75, 3.05) is 0 Å². The zero-order valence-corrected chi connectivity index (χ0v) is 7.33. The summed E-state index contributed by atoms with van der Waals surface area (Å²) in [6.07, 6.45) is 6.94. The van der Waals surface area contributed by atoms with Crippen molar-refractivity contribution in [2.24, 2.45) is 5.73 Å². The first-order valence-electron chi connectivity index (χ1n) is 3.84. The molecule has 12 heavy (non-hydrogen) atoms. The lowest BCUT2D eigenvalue weighted by Crippen LogP contribution is -2.07. The number of pyridine rings is 1. The lowest BCUT2D eigenvalue weighted by Gasteiger charge is -2.05. The third-order valence-electron chi connectivity index (χ3n) is 1.75. The number of hydrogen-bond donors (Lipinski definition) is 1. The largest absolute Gasteiger partial charge is 0.323 e. The predicted octanol–water partition coefficient (Wildman–Crippen LogP) is 1.39. The fourth-order valence-electron chi connectivity index (χ4n) is 0.978. The van der Waals surface area contributed by atoms with Crippen molar-refractivity contribution in [1.82, 2.24) is 4.98 Å². The number of terminal acetylenes is 1. The van der Waals surface area contributed by atoms with Crippen LogP contribution in [0.3, 0.4) is 0 Å². The van der Waals surface area contributed by atoms with Gasteiger partial charge in [0.1, 0.15) is 0 Å². The molecule has 0 bridgehead atoms. The summed E-state index contributed by atoms with van der Waals surface area (Å²) in [7, 11) is 0. The van der Waals surface area contributed by atoms with Crippen molar-refractivity contribution >= 4 is 0 Å². The molecule has 0 aromatic carbocycles. The van der Waals surface area contributed by atoms with E-state index in [0.717, 1.165) is 16.8 Å². The molecule has 0 aliphatic rings. The van der Waals surface area contributed by atoms with Crippen LogP contribution < -0.4 is 5.73 Å². The van der Waals surface area contributed by atoms with Crippen LogP contribution in [0.5, 0.6) is 0 Å². The minimum absolute atomic E-state index is 0.0319. The van der Waals surface area contributed by atoms with Gasteiger partial charge in [-0.05, 0) is 25.5 Å². The topological polar surface area (TPSA) is 38.9 Å². The minimum atomic E-state index is -0.0319. The lowest BCUT2D eigenvalue weighted by atomic mass is 10.1. The highest BCUT2D eigenvalue weighted by atomic mass is 14.8. The summed E-state index contributed by atoms with van der Waals surface area (Å²) in [6, 6.07) is 1.90. The fraction of sp³-hybridized carbons (Fsp3) is 0.300. The summed E-state index contributed by atoms with van der Waals surface area (Å²) in [5, 5.41) is 0. The minimum Gasteiger partial charge on any atom is -0.323 e. The van der Waals surface area contributed by atoms with Gasteiger partial charge >= 0.3 is 0 Å². The second-order valence-corrected chi connectivity index (χ2v) is 2.86. The van der Waals surface area contributed by atoms with Gasteiger partial charge in [0.2, 0.25) is 0 Å². The molecular weight excluding hydrogens is 148 g/mol. The van der Waals surface area contributed by atoms with Gasteiger partial charge in [0.25, 0.3) is 0 Å². The molecule has 0 fully saturated rings. The Balaban J connectivity index is 3.12. The lowest BCUT2D eigenvalue weighted by molar-refractivity contribution is 0.779. The number of rotatable bonds is 1. The molecule has 1 aromatic rings. The van der Waals surface area contributed by atoms with Gasteiger partial charge in [0.15, 0.2) is 0 Å². The van der Waals surface area contributed by atoms with E-state index in [0.29, 0.717) is 0 Å². The Morgan fingerprint density at radius 1 is 1.67 bits per heavy atom. The van der Waals surface area contributed by atoms with Gasteiger partial charge in [-0.15, -0.1) is 6.42 Å². The van der Waals surface area contributed by atoms with Gasteiger partial charge in [0.05, 0.1) is 5.69 Å². The van der Waals surface area contributed by atoms with E-state index in [2.05, 4.69) is 10.9 Å². The summed E-state index contributed by atoms with van der Waals surface area (Å²) in [4.78, 5) is 4.14. The van der Waals surface area contributed by atoms with E-state index in [9.17, 15) is 0 Å². The van der Waals surface area contributed by atoms with E-state index >= 15 is 0 Å². The maximum absolute atomic E-state index is 5.66. The first-order valence-corrected chi connectivity index (χ1v) is 3.84. The molecule has 0 aliphatic carbocycles. The second kappa shape index (κ2) is 3.38. The number of aromatic nitrogens is 1. The van der Waals surface area contributed by atoms with Crippen LogP contribution in [-0.4, -0.2) is 4.98 Å². The van der Waals surface area contributed by atoms with E-state index in [1.807, 2.05) is 19.9 Å². The number of nitrogens with two attached hydrogens (primary N) is 1. The standard InChI is InChI=1S/C10H12N2/c1-4-9-6-12-10(8(3)11)5-7(9)2/h1,5-6,8H,11H2,2-3H3/t8-/m0/s1. The van der Waals surface area contributed by atoms with Crippen LogP contribution in [0.2, 0.25) is 0 Å². The maximum atomic E-state index is 5.66. The van der Waals surface area contributed by atoms with E-state index in [1.165, 1.54) is 0 Å². The molecule has 0 spiro atoms. The summed E-state index contributed by atoms with van der Waals surface area (Å²) in [6.45, 7) is 3.86.